The number of rotatable bonds is 7. The van der Waals surface area contributed by atoms with Gasteiger partial charge in [-0.05, 0) is 33.6 Å². The van der Waals surface area contributed by atoms with Gasteiger partial charge in [0.2, 0.25) is 29.5 Å². The third-order valence-corrected chi connectivity index (χ3v) is 4.38. The van der Waals surface area contributed by atoms with Crippen LogP contribution >= 0.6 is 0 Å². The van der Waals surface area contributed by atoms with Crippen LogP contribution in [0.5, 0.6) is 0 Å². The lowest BCUT2D eigenvalue weighted by molar-refractivity contribution is -0.142. The second kappa shape index (κ2) is 9.89. The molecule has 5 amide bonds. The molecule has 10 heteroatoms. The minimum atomic E-state index is -0.849. The largest absolute Gasteiger partial charge is 0.357 e. The first-order valence-corrected chi connectivity index (χ1v) is 8.98. The molecule has 4 N–H and O–H groups in total. The van der Waals surface area contributed by atoms with E-state index in [1.165, 1.54) is 32.7 Å². The molecule has 0 aromatic heterocycles. The minimum absolute atomic E-state index is 0.327. The Labute approximate surface area is 158 Å². The lowest BCUT2D eigenvalue weighted by atomic mass is 10.1. The number of carbonyl (C=O) groups excluding carboxylic acids is 5. The molecule has 1 rings (SSSR count). The summed E-state index contributed by atoms with van der Waals surface area (Å²) in [5, 5.41) is 10.0. The van der Waals surface area contributed by atoms with E-state index in [0.717, 1.165) is 0 Å². The van der Waals surface area contributed by atoms with Crippen LogP contribution in [-0.4, -0.2) is 72.2 Å². The number of likely N-dealkylation sites (tertiary alicyclic amines) is 1. The molecule has 0 unspecified atom stereocenters. The number of nitrogens with zero attached hydrogens (tertiary/aromatic N) is 1. The summed E-state index contributed by atoms with van der Waals surface area (Å²) in [6.45, 7) is 6.30. The van der Waals surface area contributed by atoms with Crippen molar-refractivity contribution < 1.29 is 24.0 Å². The van der Waals surface area contributed by atoms with E-state index in [4.69, 9.17) is 0 Å². The summed E-state index contributed by atoms with van der Waals surface area (Å²) < 4.78 is 0. The fraction of sp³-hybridized carbons (Fsp3) is 0.706. The lowest BCUT2D eigenvalue weighted by Gasteiger charge is -2.28. The highest BCUT2D eigenvalue weighted by atomic mass is 16.2. The van der Waals surface area contributed by atoms with Gasteiger partial charge in [0.25, 0.3) is 0 Å². The standard InChI is InChI=1S/C17H29N5O5/c1-9(14(24)18-5)20-16(26)13-7-6-8-22(13)17(27)11(3)21-15(25)10(2)19-12(4)23/h9-11,13H,6-8H2,1-5H3,(H,18,24)(H,19,23)(H,20,26)(H,21,25)/t9-,10-,11+,13-/m0/s1. The fourth-order valence-electron chi connectivity index (χ4n) is 2.91. The van der Waals surface area contributed by atoms with Crippen molar-refractivity contribution in [2.75, 3.05) is 13.6 Å². The van der Waals surface area contributed by atoms with Gasteiger partial charge in [-0.25, -0.2) is 0 Å². The smallest absolute Gasteiger partial charge is 0.245 e. The van der Waals surface area contributed by atoms with E-state index in [1.807, 2.05) is 0 Å². The Bertz CT molecular complexity index is 609. The summed E-state index contributed by atoms with van der Waals surface area (Å²) in [4.78, 5) is 61.2. The summed E-state index contributed by atoms with van der Waals surface area (Å²) in [5.74, 6) is -1.95. The van der Waals surface area contributed by atoms with Gasteiger partial charge in [0.05, 0.1) is 0 Å². The number of hydrogen-bond donors (Lipinski definition) is 4. The predicted molar refractivity (Wildman–Crippen MR) is 97.3 cm³/mol. The van der Waals surface area contributed by atoms with Crippen LogP contribution in [0.25, 0.3) is 0 Å². The Morgan fingerprint density at radius 2 is 1.48 bits per heavy atom. The van der Waals surface area contributed by atoms with Gasteiger partial charge in [-0.2, -0.15) is 0 Å². The number of nitrogens with one attached hydrogen (secondary N) is 4. The molecule has 1 fully saturated rings. The fourth-order valence-corrected chi connectivity index (χ4v) is 2.91. The molecule has 1 aliphatic rings. The van der Waals surface area contributed by atoms with Crippen molar-refractivity contribution in [3.05, 3.63) is 0 Å². The summed E-state index contributed by atoms with van der Waals surface area (Å²) in [7, 11) is 1.47. The molecule has 0 aromatic rings. The maximum atomic E-state index is 12.7. The molecule has 4 atom stereocenters. The van der Waals surface area contributed by atoms with E-state index in [0.29, 0.717) is 19.4 Å². The molecule has 27 heavy (non-hydrogen) atoms. The first-order valence-electron chi connectivity index (χ1n) is 8.98. The predicted octanol–water partition coefficient (Wildman–Crippen LogP) is -1.74. The van der Waals surface area contributed by atoms with Crippen LogP contribution in [0.15, 0.2) is 0 Å². The topological polar surface area (TPSA) is 137 Å². The SMILES string of the molecule is CNC(=O)[C@H](C)NC(=O)[C@@H]1CCCN1C(=O)[C@@H](C)NC(=O)[C@H](C)NC(C)=O. The van der Waals surface area contributed by atoms with Gasteiger partial charge in [-0.15, -0.1) is 0 Å². The van der Waals surface area contributed by atoms with Crippen LogP contribution in [0.4, 0.5) is 0 Å². The summed E-state index contributed by atoms with van der Waals surface area (Å²) >= 11 is 0. The highest BCUT2D eigenvalue weighted by molar-refractivity contribution is 5.95. The minimum Gasteiger partial charge on any atom is -0.357 e. The summed E-state index contributed by atoms with van der Waals surface area (Å²) in [5.41, 5.74) is 0. The molecule has 0 spiro atoms. The van der Waals surface area contributed by atoms with Crippen LogP contribution < -0.4 is 21.3 Å². The van der Waals surface area contributed by atoms with Gasteiger partial charge >= 0.3 is 0 Å². The lowest BCUT2D eigenvalue weighted by Crippen LogP contribution is -2.56. The Morgan fingerprint density at radius 1 is 0.889 bits per heavy atom. The van der Waals surface area contributed by atoms with Gasteiger partial charge in [0, 0.05) is 20.5 Å². The quantitative estimate of drug-likeness (QED) is 0.414. The van der Waals surface area contributed by atoms with Gasteiger partial charge in [-0.3, -0.25) is 24.0 Å². The molecule has 1 heterocycles. The van der Waals surface area contributed by atoms with Crippen molar-refractivity contribution in [1.29, 1.82) is 0 Å². The van der Waals surface area contributed by atoms with Crippen molar-refractivity contribution in [1.82, 2.24) is 26.2 Å². The maximum Gasteiger partial charge on any atom is 0.245 e. The van der Waals surface area contributed by atoms with Crippen LogP contribution in [-0.2, 0) is 24.0 Å². The van der Waals surface area contributed by atoms with Crippen molar-refractivity contribution >= 4 is 29.5 Å². The van der Waals surface area contributed by atoms with Crippen molar-refractivity contribution in [3.8, 4) is 0 Å². The molecule has 0 saturated carbocycles. The van der Waals surface area contributed by atoms with Crippen LogP contribution in [0.3, 0.4) is 0 Å². The molecular formula is C17H29N5O5. The summed E-state index contributed by atoms with van der Waals surface area (Å²) in [6, 6.07) is -3.02. The molecule has 0 bridgehead atoms. The van der Waals surface area contributed by atoms with E-state index in [2.05, 4.69) is 21.3 Å². The second-order valence-electron chi connectivity index (χ2n) is 6.69. The molecule has 0 aromatic carbocycles. The van der Waals surface area contributed by atoms with Crippen LogP contribution in [0, 0.1) is 0 Å². The van der Waals surface area contributed by atoms with Crippen molar-refractivity contribution in [2.45, 2.75) is 64.7 Å². The monoisotopic (exact) mass is 383 g/mol. The molecule has 10 nitrogen and oxygen atoms in total. The highest BCUT2D eigenvalue weighted by Gasteiger charge is 2.37. The van der Waals surface area contributed by atoms with Crippen molar-refractivity contribution in [3.63, 3.8) is 0 Å². The van der Waals surface area contributed by atoms with E-state index in [-0.39, 0.29) is 17.7 Å². The van der Waals surface area contributed by atoms with Gasteiger partial charge < -0.3 is 26.2 Å². The Hall–Kier alpha value is -2.65. The molecule has 0 aliphatic carbocycles. The Balaban J connectivity index is 2.69. The number of carbonyl (C=O) groups is 5. The second-order valence-corrected chi connectivity index (χ2v) is 6.69. The van der Waals surface area contributed by atoms with E-state index in [9.17, 15) is 24.0 Å². The summed E-state index contributed by atoms with van der Waals surface area (Å²) in [6.07, 6.45) is 1.14. The molecule has 152 valence electrons. The first kappa shape index (κ1) is 22.4. The number of amides is 5. The van der Waals surface area contributed by atoms with E-state index >= 15 is 0 Å². The molecule has 1 saturated heterocycles. The molecular weight excluding hydrogens is 354 g/mol. The normalized spacial score (nSPS) is 19.4. The highest BCUT2D eigenvalue weighted by Crippen LogP contribution is 2.18. The van der Waals surface area contributed by atoms with Gasteiger partial charge in [0.15, 0.2) is 0 Å². The van der Waals surface area contributed by atoms with Crippen LogP contribution in [0.1, 0.15) is 40.5 Å². The third kappa shape index (κ3) is 6.22. The van der Waals surface area contributed by atoms with Gasteiger partial charge in [-0.1, -0.05) is 0 Å². The van der Waals surface area contributed by atoms with E-state index < -0.39 is 36.0 Å². The van der Waals surface area contributed by atoms with Gasteiger partial charge in [0.1, 0.15) is 24.2 Å². The van der Waals surface area contributed by atoms with Crippen LogP contribution in [0.2, 0.25) is 0 Å². The average molecular weight is 383 g/mol. The zero-order chi connectivity index (χ0) is 20.7. The molecule has 1 aliphatic heterocycles. The van der Waals surface area contributed by atoms with E-state index in [1.54, 1.807) is 6.92 Å². The van der Waals surface area contributed by atoms with Crippen molar-refractivity contribution in [2.24, 2.45) is 0 Å². The maximum absolute atomic E-state index is 12.7. The Kier molecular flexibility index (Phi) is 8.20. The first-order chi connectivity index (χ1) is 12.6. The molecule has 0 radical (unpaired) electrons. The zero-order valence-corrected chi connectivity index (χ0v) is 16.4. The zero-order valence-electron chi connectivity index (χ0n) is 16.4. The average Bonchev–Trinajstić information content (AvgIpc) is 3.09. The third-order valence-electron chi connectivity index (χ3n) is 4.38. The number of hydrogen-bond acceptors (Lipinski definition) is 5. The Morgan fingerprint density at radius 3 is 2.04 bits per heavy atom. The number of likely N-dealkylation sites (N-methyl/N-ethyl adjacent to an activating group) is 1.